The first-order valence-corrected chi connectivity index (χ1v) is 15.3. The van der Waals surface area contributed by atoms with Crippen molar-refractivity contribution in [3.05, 3.63) is 99.8 Å². The van der Waals surface area contributed by atoms with E-state index in [1.807, 2.05) is 0 Å². The predicted octanol–water partition coefficient (Wildman–Crippen LogP) is 4.17. The zero-order valence-electron chi connectivity index (χ0n) is 24.6. The second-order valence-electron chi connectivity index (χ2n) is 11.5. The number of halogens is 3. The second kappa shape index (κ2) is 11.7. The Morgan fingerprint density at radius 1 is 1.11 bits per heavy atom. The minimum atomic E-state index is -3.20. The van der Waals surface area contributed by atoms with E-state index < -0.39 is 47.9 Å². The van der Waals surface area contributed by atoms with E-state index in [1.54, 1.807) is 36.7 Å². The van der Waals surface area contributed by atoms with Crippen LogP contribution in [-0.4, -0.2) is 56.9 Å². The molecule has 3 amide bonds. The molecule has 5 N–H and O–H groups in total. The first kappa shape index (κ1) is 31.0. The third kappa shape index (κ3) is 5.64. The molecule has 0 saturated carbocycles. The van der Waals surface area contributed by atoms with Crippen LogP contribution in [0, 0.1) is 11.3 Å². The minimum absolute atomic E-state index is 0.0677. The van der Waals surface area contributed by atoms with E-state index in [1.165, 1.54) is 58.8 Å². The number of amides is 3. The number of rotatable bonds is 9. The zero-order valence-corrected chi connectivity index (χ0v) is 25.4. The molecule has 0 unspecified atom stereocenters. The standard InChI is InChI=1S/C32H30F3N7O3S/c1-18(26-11-20(15-46-26)28(36)37)40-30(45)21-12-31(33,16-41-9-8-38-17-41)42(14-21)27(43)13-39-29(44)19-6-7-25-23(10-19)22-4-2-3-5-24(22)32(25,34)35/h2-11,15,17-18,21H,12-14,16H2,1H3,(H3,36,37)(H,39,44)(H,40,45)/t18-,21-,31-/m1/s1. The molecule has 3 atom stereocenters. The molecule has 0 radical (unpaired) electrons. The number of nitrogens with two attached hydrogens (primary N) is 1. The largest absolute Gasteiger partial charge is 0.384 e. The summed E-state index contributed by atoms with van der Waals surface area (Å²) >= 11 is 1.33. The van der Waals surface area contributed by atoms with Gasteiger partial charge < -0.3 is 25.8 Å². The van der Waals surface area contributed by atoms with Gasteiger partial charge in [-0.25, -0.2) is 9.37 Å². The summed E-state index contributed by atoms with van der Waals surface area (Å²) in [4.78, 5) is 45.4. The first-order chi connectivity index (χ1) is 21.9. The fraction of sp³-hybridized carbons (Fsp3) is 0.281. The number of alkyl halides is 3. The highest BCUT2D eigenvalue weighted by Gasteiger charge is 2.51. The van der Waals surface area contributed by atoms with Crippen LogP contribution in [0.5, 0.6) is 0 Å². The molecule has 2 aliphatic rings. The molecular weight excluding hydrogens is 619 g/mol. The number of carbonyl (C=O) groups is 3. The number of nitrogens with one attached hydrogen (secondary N) is 3. The van der Waals surface area contributed by atoms with Crippen LogP contribution in [0.4, 0.5) is 13.2 Å². The number of aromatic nitrogens is 2. The lowest BCUT2D eigenvalue weighted by Gasteiger charge is -2.31. The maximum absolute atomic E-state index is 16.6. The molecule has 2 aromatic heterocycles. The molecule has 3 heterocycles. The van der Waals surface area contributed by atoms with Gasteiger partial charge in [0.2, 0.25) is 17.6 Å². The maximum atomic E-state index is 16.6. The quantitative estimate of drug-likeness (QED) is 0.122. The summed E-state index contributed by atoms with van der Waals surface area (Å²) in [5.41, 5.74) is 6.34. The summed E-state index contributed by atoms with van der Waals surface area (Å²) in [5, 5.41) is 14.7. The number of amidine groups is 1. The first-order valence-electron chi connectivity index (χ1n) is 14.5. The number of nitrogens with zero attached hydrogens (tertiary/aromatic N) is 3. The number of imidazole rings is 1. The van der Waals surface area contributed by atoms with E-state index in [0.717, 1.165) is 9.78 Å². The van der Waals surface area contributed by atoms with Gasteiger partial charge in [0, 0.05) is 57.9 Å². The van der Waals surface area contributed by atoms with Crippen molar-refractivity contribution in [1.82, 2.24) is 25.1 Å². The normalized spacial score (nSPS) is 20.1. The van der Waals surface area contributed by atoms with Crippen molar-refractivity contribution in [3.63, 3.8) is 0 Å². The van der Waals surface area contributed by atoms with E-state index >= 15 is 4.39 Å². The molecule has 10 nitrogen and oxygen atoms in total. The van der Waals surface area contributed by atoms with Crippen molar-refractivity contribution < 1.29 is 27.6 Å². The van der Waals surface area contributed by atoms with Crippen molar-refractivity contribution in [2.24, 2.45) is 11.7 Å². The third-order valence-electron chi connectivity index (χ3n) is 8.39. The van der Waals surface area contributed by atoms with Gasteiger partial charge in [-0.2, -0.15) is 8.78 Å². The highest BCUT2D eigenvalue weighted by atomic mass is 32.1. The fourth-order valence-corrected chi connectivity index (χ4v) is 6.96. The van der Waals surface area contributed by atoms with Crippen molar-refractivity contribution in [1.29, 1.82) is 5.41 Å². The fourth-order valence-electron chi connectivity index (χ4n) is 6.04. The Hall–Kier alpha value is -4.98. The molecular formula is C32H30F3N7O3S. The van der Waals surface area contributed by atoms with Gasteiger partial charge in [-0.1, -0.05) is 30.3 Å². The Morgan fingerprint density at radius 3 is 2.59 bits per heavy atom. The number of hydrogen-bond acceptors (Lipinski definition) is 6. The Balaban J connectivity index is 1.15. The molecule has 1 aliphatic carbocycles. The summed E-state index contributed by atoms with van der Waals surface area (Å²) in [6.45, 7) is 0.670. The monoisotopic (exact) mass is 649 g/mol. The summed E-state index contributed by atoms with van der Waals surface area (Å²) < 4.78 is 48.0. The van der Waals surface area contributed by atoms with E-state index in [-0.39, 0.29) is 47.6 Å². The van der Waals surface area contributed by atoms with E-state index in [9.17, 15) is 23.2 Å². The Labute approximate surface area is 265 Å². The molecule has 0 bridgehead atoms. The van der Waals surface area contributed by atoms with Crippen molar-refractivity contribution in [2.45, 2.75) is 37.6 Å². The van der Waals surface area contributed by atoms with Crippen LogP contribution in [0.25, 0.3) is 11.1 Å². The molecule has 1 saturated heterocycles. The lowest BCUT2D eigenvalue weighted by molar-refractivity contribution is -0.142. The summed E-state index contributed by atoms with van der Waals surface area (Å²) in [6, 6.07) is 11.1. The number of carbonyl (C=O) groups excluding carboxylic acids is 3. The highest BCUT2D eigenvalue weighted by molar-refractivity contribution is 7.10. The van der Waals surface area contributed by atoms with Crippen molar-refractivity contribution >= 4 is 34.9 Å². The Bertz CT molecular complexity index is 1840. The lowest BCUT2D eigenvalue weighted by Crippen LogP contribution is -2.50. The molecule has 4 aromatic rings. The van der Waals surface area contributed by atoms with Crippen LogP contribution >= 0.6 is 11.3 Å². The van der Waals surface area contributed by atoms with Crippen LogP contribution in [0.3, 0.4) is 0 Å². The summed E-state index contributed by atoms with van der Waals surface area (Å²) in [7, 11) is 0. The van der Waals surface area contributed by atoms with Crippen LogP contribution < -0.4 is 16.4 Å². The van der Waals surface area contributed by atoms with Crippen LogP contribution in [0.15, 0.2) is 72.6 Å². The van der Waals surface area contributed by atoms with Crippen molar-refractivity contribution in [3.8, 4) is 11.1 Å². The van der Waals surface area contributed by atoms with Crippen LogP contribution in [0.2, 0.25) is 0 Å². The third-order valence-corrected chi connectivity index (χ3v) is 9.51. The molecule has 1 fully saturated rings. The van der Waals surface area contributed by atoms with Gasteiger partial charge in [0.15, 0.2) is 0 Å². The SMILES string of the molecule is C[C@@H](NC(=O)[C@H]1CN(C(=O)CNC(=O)c2ccc3c(c2)-c2ccccc2C3(F)F)[C@@](F)(Cn2ccnc2)C1)c1cc(C(=N)N)cs1. The van der Waals surface area contributed by atoms with Gasteiger partial charge in [0.25, 0.3) is 11.8 Å². The molecule has 14 heteroatoms. The molecule has 1 aliphatic heterocycles. The number of likely N-dealkylation sites (tertiary alicyclic amines) is 1. The zero-order chi connectivity index (χ0) is 32.8. The summed E-state index contributed by atoms with van der Waals surface area (Å²) in [6.07, 6.45) is 4.13. The number of fused-ring (bicyclic) bond motifs is 3. The number of hydrogen-bond donors (Lipinski definition) is 4. The van der Waals surface area contributed by atoms with Gasteiger partial charge in [-0.05, 0) is 36.2 Å². The highest BCUT2D eigenvalue weighted by Crippen LogP contribution is 2.51. The second-order valence-corrected chi connectivity index (χ2v) is 12.4. The van der Waals surface area contributed by atoms with E-state index in [2.05, 4.69) is 15.6 Å². The average molecular weight is 650 g/mol. The topological polar surface area (TPSA) is 146 Å². The molecule has 0 spiro atoms. The van der Waals surface area contributed by atoms with Crippen molar-refractivity contribution in [2.75, 3.05) is 13.1 Å². The molecule has 6 rings (SSSR count). The number of nitrogen functional groups attached to an aromatic ring is 1. The molecule has 2 aromatic carbocycles. The van der Waals surface area contributed by atoms with Crippen LogP contribution in [-0.2, 0) is 22.1 Å². The van der Waals surface area contributed by atoms with Gasteiger partial charge in [-0.3, -0.25) is 19.8 Å². The minimum Gasteiger partial charge on any atom is -0.384 e. The van der Waals surface area contributed by atoms with Crippen LogP contribution in [0.1, 0.15) is 51.3 Å². The summed E-state index contributed by atoms with van der Waals surface area (Å²) in [5.74, 6) is -8.33. The number of thiophene rings is 1. The Kier molecular flexibility index (Phi) is 7.92. The van der Waals surface area contributed by atoms with E-state index in [0.29, 0.717) is 11.1 Å². The van der Waals surface area contributed by atoms with E-state index in [4.69, 9.17) is 11.1 Å². The van der Waals surface area contributed by atoms with Gasteiger partial charge in [0.05, 0.1) is 31.4 Å². The van der Waals surface area contributed by atoms with Gasteiger partial charge in [0.1, 0.15) is 5.84 Å². The average Bonchev–Trinajstić information content (AvgIpc) is 3.83. The van der Waals surface area contributed by atoms with Gasteiger partial charge >= 0.3 is 0 Å². The lowest BCUT2D eigenvalue weighted by atomic mass is 10.0. The molecule has 46 heavy (non-hydrogen) atoms. The number of benzene rings is 2. The maximum Gasteiger partial charge on any atom is 0.299 e. The van der Waals surface area contributed by atoms with Gasteiger partial charge in [-0.15, -0.1) is 11.3 Å². The smallest absolute Gasteiger partial charge is 0.299 e. The molecule has 238 valence electrons. The Morgan fingerprint density at radius 2 is 1.87 bits per heavy atom. The predicted molar refractivity (Wildman–Crippen MR) is 165 cm³/mol.